The molecular formula is C30H41Cl2N5O4. The normalized spacial score (nSPS) is 18.0. The number of urea groups is 1. The molecule has 0 unspecified atom stereocenters. The van der Waals surface area contributed by atoms with Crippen molar-refractivity contribution in [2.75, 3.05) is 19.6 Å². The predicted octanol–water partition coefficient (Wildman–Crippen LogP) is 5.61. The van der Waals surface area contributed by atoms with Gasteiger partial charge in [-0.05, 0) is 74.0 Å². The van der Waals surface area contributed by atoms with Crippen LogP contribution in [0.2, 0.25) is 10.0 Å². The third-order valence-electron chi connectivity index (χ3n) is 8.86. The maximum atomic E-state index is 13.8. The van der Waals surface area contributed by atoms with E-state index in [9.17, 15) is 19.5 Å². The molecule has 2 aromatic rings. The highest BCUT2D eigenvalue weighted by molar-refractivity contribution is 6.42. The molecule has 1 saturated carbocycles. The molecule has 1 saturated heterocycles. The molecule has 41 heavy (non-hydrogen) atoms. The van der Waals surface area contributed by atoms with Crippen molar-refractivity contribution in [2.24, 2.45) is 11.3 Å². The fraction of sp³-hybridized carbons (Fsp3) is 0.600. The van der Waals surface area contributed by atoms with E-state index in [0.717, 1.165) is 49.8 Å². The van der Waals surface area contributed by atoms with Crippen LogP contribution < -0.4 is 10.6 Å². The Bertz CT molecular complexity index is 1160. The summed E-state index contributed by atoms with van der Waals surface area (Å²) in [6.45, 7) is 1.56. The maximum Gasteiger partial charge on any atom is 0.315 e. The topological polar surface area (TPSA) is 127 Å². The first kappa shape index (κ1) is 31.2. The van der Waals surface area contributed by atoms with Gasteiger partial charge in [0.25, 0.3) is 0 Å². The number of amides is 3. The van der Waals surface area contributed by atoms with Crippen molar-refractivity contribution >= 4 is 41.1 Å². The zero-order valence-corrected chi connectivity index (χ0v) is 25.0. The first-order valence-corrected chi connectivity index (χ1v) is 15.5. The molecule has 0 spiro atoms. The molecule has 1 atom stereocenters. The highest BCUT2D eigenvalue weighted by atomic mass is 35.5. The first-order chi connectivity index (χ1) is 19.8. The van der Waals surface area contributed by atoms with Gasteiger partial charge in [-0.25, -0.2) is 9.78 Å². The monoisotopic (exact) mass is 605 g/mol. The Labute approximate surface area is 251 Å². The number of aromatic amines is 1. The Morgan fingerprint density at radius 2 is 1.88 bits per heavy atom. The molecule has 0 radical (unpaired) electrons. The lowest BCUT2D eigenvalue weighted by atomic mass is 9.61. The van der Waals surface area contributed by atoms with Crippen LogP contribution >= 0.6 is 23.2 Å². The molecule has 0 bridgehead atoms. The number of carbonyl (C=O) groups is 3. The molecule has 2 heterocycles. The lowest BCUT2D eigenvalue weighted by Gasteiger charge is -2.48. The number of aryl methyl sites for hydroxylation is 1. The van der Waals surface area contributed by atoms with E-state index in [1.807, 2.05) is 17.2 Å². The van der Waals surface area contributed by atoms with Crippen molar-refractivity contribution in [1.29, 1.82) is 0 Å². The van der Waals surface area contributed by atoms with Gasteiger partial charge in [-0.2, -0.15) is 0 Å². The van der Waals surface area contributed by atoms with Crippen LogP contribution in [0, 0.1) is 11.3 Å². The summed E-state index contributed by atoms with van der Waals surface area (Å²) in [5.41, 5.74) is 1.68. The Hall–Kier alpha value is -2.78. The number of likely N-dealkylation sites (tertiary alicyclic amines) is 1. The van der Waals surface area contributed by atoms with Gasteiger partial charge in [0.1, 0.15) is 6.04 Å². The number of nitrogens with one attached hydrogen (secondary N) is 3. The summed E-state index contributed by atoms with van der Waals surface area (Å²) in [5.74, 6) is -0.400. The van der Waals surface area contributed by atoms with Crippen LogP contribution in [0.4, 0.5) is 4.79 Å². The number of aromatic nitrogens is 2. The summed E-state index contributed by atoms with van der Waals surface area (Å²) < 4.78 is 0. The minimum absolute atomic E-state index is 0.0477. The summed E-state index contributed by atoms with van der Waals surface area (Å²) in [6, 6.07) is 4.05. The molecule has 4 rings (SSSR count). The number of hydrogen-bond acceptors (Lipinski definition) is 4. The molecule has 4 N–H and O–H groups in total. The van der Waals surface area contributed by atoms with Crippen molar-refractivity contribution in [3.05, 3.63) is 52.0 Å². The van der Waals surface area contributed by atoms with Crippen LogP contribution in [0.5, 0.6) is 0 Å². The van der Waals surface area contributed by atoms with Crippen LogP contribution in [0.3, 0.4) is 0 Å². The number of benzene rings is 1. The van der Waals surface area contributed by atoms with E-state index >= 15 is 0 Å². The second-order valence-electron chi connectivity index (χ2n) is 11.5. The fourth-order valence-electron chi connectivity index (χ4n) is 6.54. The summed E-state index contributed by atoms with van der Waals surface area (Å²) in [6.07, 6.45) is 13.5. The minimum atomic E-state index is -0.778. The highest BCUT2D eigenvalue weighted by Gasteiger charge is 2.43. The van der Waals surface area contributed by atoms with Crippen LogP contribution in [0.25, 0.3) is 0 Å². The number of piperidine rings is 1. The number of carbonyl (C=O) groups excluding carboxylic acids is 2. The molecular weight excluding hydrogens is 565 g/mol. The van der Waals surface area contributed by atoms with Crippen molar-refractivity contribution in [3.63, 3.8) is 0 Å². The molecule has 1 aliphatic carbocycles. The number of rotatable bonds is 12. The van der Waals surface area contributed by atoms with E-state index in [4.69, 9.17) is 23.2 Å². The van der Waals surface area contributed by atoms with Gasteiger partial charge < -0.3 is 25.6 Å². The van der Waals surface area contributed by atoms with E-state index in [1.54, 1.807) is 18.5 Å². The van der Waals surface area contributed by atoms with Gasteiger partial charge in [0.2, 0.25) is 5.91 Å². The van der Waals surface area contributed by atoms with Crippen LogP contribution in [-0.2, 0) is 22.4 Å². The number of nitrogens with zero attached hydrogens (tertiary/aromatic N) is 2. The number of carboxylic acids is 1. The number of hydrogen-bond donors (Lipinski definition) is 4. The SMILES string of the molecule is O=C(O)CCC1(C2CCCCC2)CCN(C(=O)[C@@H](Cc2ccc(Cl)c(Cl)c2)NC(=O)NCCCc2c[nH]cn2)CC1. The molecule has 224 valence electrons. The Morgan fingerprint density at radius 3 is 2.54 bits per heavy atom. The zero-order valence-electron chi connectivity index (χ0n) is 23.5. The Morgan fingerprint density at radius 1 is 1.12 bits per heavy atom. The quantitative estimate of drug-likeness (QED) is 0.234. The van der Waals surface area contributed by atoms with Crippen molar-refractivity contribution in [2.45, 2.75) is 83.1 Å². The van der Waals surface area contributed by atoms with Gasteiger partial charge in [0.05, 0.1) is 22.1 Å². The Kier molecular flexibility index (Phi) is 11.3. The molecule has 1 aromatic carbocycles. The van der Waals surface area contributed by atoms with Crippen LogP contribution in [-0.4, -0.2) is 63.6 Å². The summed E-state index contributed by atoms with van der Waals surface area (Å²) in [5, 5.41) is 16.0. The number of halogens is 2. The second-order valence-corrected chi connectivity index (χ2v) is 12.3. The van der Waals surface area contributed by atoms with Gasteiger partial charge in [0, 0.05) is 38.7 Å². The number of H-pyrrole nitrogens is 1. The van der Waals surface area contributed by atoms with Crippen molar-refractivity contribution < 1.29 is 19.5 Å². The van der Waals surface area contributed by atoms with E-state index < -0.39 is 18.0 Å². The summed E-state index contributed by atoms with van der Waals surface area (Å²) in [7, 11) is 0. The maximum absolute atomic E-state index is 13.8. The van der Waals surface area contributed by atoms with Gasteiger partial charge in [-0.1, -0.05) is 48.5 Å². The van der Waals surface area contributed by atoms with Crippen LogP contribution in [0.1, 0.15) is 75.5 Å². The van der Waals surface area contributed by atoms with Crippen molar-refractivity contribution in [3.8, 4) is 0 Å². The van der Waals surface area contributed by atoms with Crippen LogP contribution in [0.15, 0.2) is 30.7 Å². The third kappa shape index (κ3) is 8.85. The lowest BCUT2D eigenvalue weighted by molar-refractivity contribution is -0.140. The van der Waals surface area contributed by atoms with E-state index in [-0.39, 0.29) is 24.2 Å². The average Bonchev–Trinajstić information content (AvgIpc) is 3.50. The largest absolute Gasteiger partial charge is 0.481 e. The standard InChI is InChI=1S/C30H41Cl2N5O4/c31-24-9-8-21(17-25(24)32)18-26(36-29(41)34-14-4-7-23-19-33-20-35-23)28(40)37-15-12-30(13-16-37,11-10-27(38)39)22-5-2-1-3-6-22/h8-9,17,19-20,22,26H,1-7,10-16,18H2,(H,33,35)(H,38,39)(H2,34,36,41)/t26-/m1/s1. The molecule has 1 aliphatic heterocycles. The second kappa shape index (κ2) is 14.9. The Balaban J connectivity index is 1.40. The van der Waals surface area contributed by atoms with Gasteiger partial charge in [0.15, 0.2) is 0 Å². The molecule has 2 aliphatic rings. The van der Waals surface area contributed by atoms with Gasteiger partial charge in [-0.3, -0.25) is 9.59 Å². The fourth-order valence-corrected chi connectivity index (χ4v) is 6.86. The third-order valence-corrected chi connectivity index (χ3v) is 9.60. The minimum Gasteiger partial charge on any atom is -0.481 e. The van der Waals surface area contributed by atoms with Gasteiger partial charge >= 0.3 is 12.0 Å². The van der Waals surface area contributed by atoms with E-state index in [1.165, 1.54) is 19.3 Å². The summed E-state index contributed by atoms with van der Waals surface area (Å²) >= 11 is 12.3. The number of imidazole rings is 1. The summed E-state index contributed by atoms with van der Waals surface area (Å²) in [4.78, 5) is 47.1. The number of aliphatic carboxylic acids is 1. The molecule has 2 fully saturated rings. The van der Waals surface area contributed by atoms with E-state index in [0.29, 0.717) is 42.0 Å². The number of carboxylic acid groups (broad SMARTS) is 1. The zero-order chi connectivity index (χ0) is 29.2. The predicted molar refractivity (Wildman–Crippen MR) is 159 cm³/mol. The molecule has 9 nitrogen and oxygen atoms in total. The van der Waals surface area contributed by atoms with E-state index in [2.05, 4.69) is 20.6 Å². The molecule has 1 aromatic heterocycles. The van der Waals surface area contributed by atoms with Gasteiger partial charge in [-0.15, -0.1) is 0 Å². The molecule has 11 heteroatoms. The molecule has 3 amide bonds. The lowest BCUT2D eigenvalue weighted by Crippen LogP contribution is -2.55. The van der Waals surface area contributed by atoms with Crippen molar-refractivity contribution in [1.82, 2.24) is 25.5 Å². The highest BCUT2D eigenvalue weighted by Crippen LogP contribution is 2.49. The smallest absolute Gasteiger partial charge is 0.315 e. The average molecular weight is 607 g/mol. The first-order valence-electron chi connectivity index (χ1n) is 14.7.